The fourth-order valence-electron chi connectivity index (χ4n) is 8.47. The highest BCUT2D eigenvalue weighted by Crippen LogP contribution is 2.70. The second-order valence-corrected chi connectivity index (χ2v) is 10.8. The molecule has 4 nitrogen and oxygen atoms in total. The zero-order chi connectivity index (χ0) is 19.3. The van der Waals surface area contributed by atoms with E-state index in [1.165, 1.54) is 12.0 Å². The van der Waals surface area contributed by atoms with E-state index in [1.54, 1.807) is 0 Å². The van der Waals surface area contributed by atoms with E-state index in [0.29, 0.717) is 42.9 Å². The van der Waals surface area contributed by atoms with Crippen LogP contribution in [0.4, 0.5) is 0 Å². The van der Waals surface area contributed by atoms with E-state index < -0.39 is 5.79 Å². The summed E-state index contributed by atoms with van der Waals surface area (Å²) >= 11 is 0. The highest BCUT2D eigenvalue weighted by molar-refractivity contribution is 5.95. The first-order valence-electron chi connectivity index (χ1n) is 11.6. The molecule has 4 aliphatic carbocycles. The summed E-state index contributed by atoms with van der Waals surface area (Å²) in [6, 6.07) is 0. The van der Waals surface area contributed by atoms with Gasteiger partial charge in [0.05, 0.1) is 19.3 Å². The quantitative estimate of drug-likeness (QED) is 0.665. The van der Waals surface area contributed by atoms with Crippen LogP contribution in [0.5, 0.6) is 0 Å². The first-order valence-corrected chi connectivity index (χ1v) is 11.6. The minimum atomic E-state index is -0.457. The van der Waals surface area contributed by atoms with Crippen molar-refractivity contribution in [3.8, 4) is 0 Å². The Bertz CT molecular complexity index is 737. The molecule has 0 amide bonds. The molecule has 0 radical (unpaired) electrons. The molecule has 3 saturated carbocycles. The number of ether oxygens (including phenoxy) is 3. The van der Waals surface area contributed by atoms with Gasteiger partial charge in [-0.3, -0.25) is 4.79 Å². The van der Waals surface area contributed by atoms with Crippen LogP contribution >= 0.6 is 0 Å². The minimum absolute atomic E-state index is 0.0465. The topological polar surface area (TPSA) is 48.1 Å². The molecular weight excluding hydrogens is 352 g/mol. The molecule has 8 atom stereocenters. The molecule has 0 bridgehead atoms. The molecule has 2 aliphatic heterocycles. The zero-order valence-electron chi connectivity index (χ0n) is 17.5. The van der Waals surface area contributed by atoms with Gasteiger partial charge in [-0.1, -0.05) is 27.2 Å². The first kappa shape index (κ1) is 18.1. The summed E-state index contributed by atoms with van der Waals surface area (Å²) in [4.78, 5) is 13.5. The number of allylic oxidation sites excluding steroid dienone is 1. The van der Waals surface area contributed by atoms with Crippen LogP contribution in [0.15, 0.2) is 11.6 Å². The Hall–Kier alpha value is -0.710. The fourth-order valence-corrected chi connectivity index (χ4v) is 8.47. The van der Waals surface area contributed by atoms with Crippen molar-refractivity contribution in [1.29, 1.82) is 0 Å². The van der Waals surface area contributed by atoms with Crippen LogP contribution in [0.1, 0.15) is 65.7 Å². The molecule has 6 aliphatic rings. The third kappa shape index (κ3) is 2.00. The van der Waals surface area contributed by atoms with Crippen molar-refractivity contribution in [3.63, 3.8) is 0 Å². The first-order chi connectivity index (χ1) is 13.4. The molecule has 0 aromatic rings. The SMILES string of the molecule is CCC[C@@H]1C[C@H]2[C@@H]3C(=O)C=C4[C@@H]5O[C@@H]5CC[C@]4(C)[C@H]3CC[C@]2(C)C12OCCO2. The van der Waals surface area contributed by atoms with Gasteiger partial charge in [0.2, 0.25) is 0 Å². The lowest BCUT2D eigenvalue weighted by atomic mass is 9.47. The van der Waals surface area contributed by atoms with Crippen molar-refractivity contribution in [1.82, 2.24) is 0 Å². The van der Waals surface area contributed by atoms with E-state index in [9.17, 15) is 4.79 Å². The summed E-state index contributed by atoms with van der Waals surface area (Å²) in [6.07, 6.45) is 10.6. The number of rotatable bonds is 2. The standard InChI is InChI=1S/C24H34O4/c1-4-5-14-12-16-20-15(6-9-23(16,3)24(14)26-10-11-27-24)22(2)8-7-19-21(28-19)17(22)13-18(20)25/h13-16,19-21H,4-12H2,1-3H3/t14-,15+,16+,19-,20-,21+,22-,23+/m1/s1. The molecule has 6 rings (SSSR count). The summed E-state index contributed by atoms with van der Waals surface area (Å²) in [6.45, 7) is 8.47. The molecule has 4 heteroatoms. The average Bonchev–Trinajstić information content (AvgIpc) is 3.21. The third-order valence-electron chi connectivity index (χ3n) is 9.83. The number of fused-ring (bicyclic) bond motifs is 8. The van der Waals surface area contributed by atoms with E-state index in [1.807, 2.05) is 6.08 Å². The third-order valence-corrected chi connectivity index (χ3v) is 9.83. The Morgan fingerprint density at radius 2 is 1.89 bits per heavy atom. The van der Waals surface area contributed by atoms with E-state index in [2.05, 4.69) is 20.8 Å². The number of ketones is 1. The lowest BCUT2D eigenvalue weighted by molar-refractivity contribution is -0.261. The molecule has 5 fully saturated rings. The molecule has 0 aromatic carbocycles. The molecule has 28 heavy (non-hydrogen) atoms. The molecule has 2 saturated heterocycles. The van der Waals surface area contributed by atoms with Gasteiger partial charge in [0, 0.05) is 17.3 Å². The Morgan fingerprint density at radius 3 is 2.64 bits per heavy atom. The van der Waals surface area contributed by atoms with Crippen LogP contribution in [-0.4, -0.2) is 37.0 Å². The lowest BCUT2D eigenvalue weighted by Crippen LogP contribution is -2.58. The molecule has 0 aromatic heterocycles. The Kier molecular flexibility index (Phi) is 3.69. The van der Waals surface area contributed by atoms with Crippen molar-refractivity contribution >= 4 is 5.78 Å². The number of hydrogen-bond acceptors (Lipinski definition) is 4. The minimum Gasteiger partial charge on any atom is -0.365 e. The Balaban J connectivity index is 1.42. The monoisotopic (exact) mass is 386 g/mol. The zero-order valence-corrected chi connectivity index (χ0v) is 17.5. The maximum absolute atomic E-state index is 13.5. The van der Waals surface area contributed by atoms with Gasteiger partial charge in [-0.25, -0.2) is 0 Å². The molecule has 0 N–H and O–H groups in total. The summed E-state index contributed by atoms with van der Waals surface area (Å²) in [5.74, 6) is 1.30. The summed E-state index contributed by atoms with van der Waals surface area (Å²) in [7, 11) is 0. The van der Waals surface area contributed by atoms with E-state index in [0.717, 1.165) is 38.5 Å². The lowest BCUT2D eigenvalue weighted by Gasteiger charge is -2.57. The van der Waals surface area contributed by atoms with Crippen LogP contribution in [0.25, 0.3) is 0 Å². The maximum Gasteiger partial charge on any atom is 0.176 e. The summed E-state index contributed by atoms with van der Waals surface area (Å²) in [5.41, 5.74) is 1.42. The molecule has 0 unspecified atom stereocenters. The van der Waals surface area contributed by atoms with Gasteiger partial charge >= 0.3 is 0 Å². The highest BCUT2D eigenvalue weighted by atomic mass is 16.7. The molecule has 2 heterocycles. The van der Waals surface area contributed by atoms with Gasteiger partial charge < -0.3 is 14.2 Å². The van der Waals surface area contributed by atoms with Gasteiger partial charge in [-0.2, -0.15) is 0 Å². The van der Waals surface area contributed by atoms with Crippen LogP contribution in [0.2, 0.25) is 0 Å². The van der Waals surface area contributed by atoms with Crippen molar-refractivity contribution < 1.29 is 19.0 Å². The van der Waals surface area contributed by atoms with Crippen molar-refractivity contribution in [3.05, 3.63) is 11.6 Å². The largest absolute Gasteiger partial charge is 0.365 e. The van der Waals surface area contributed by atoms with E-state index >= 15 is 0 Å². The van der Waals surface area contributed by atoms with Crippen molar-refractivity contribution in [2.75, 3.05) is 13.2 Å². The van der Waals surface area contributed by atoms with Gasteiger partial charge in [0.25, 0.3) is 0 Å². The van der Waals surface area contributed by atoms with Crippen LogP contribution < -0.4 is 0 Å². The predicted octanol–water partition coefficient (Wildman–Crippen LogP) is 4.27. The van der Waals surface area contributed by atoms with E-state index in [4.69, 9.17) is 14.2 Å². The maximum atomic E-state index is 13.5. The Labute approximate surface area is 168 Å². The predicted molar refractivity (Wildman–Crippen MR) is 105 cm³/mol. The van der Waals surface area contributed by atoms with Crippen molar-refractivity contribution in [2.45, 2.75) is 83.7 Å². The van der Waals surface area contributed by atoms with Crippen LogP contribution in [0.3, 0.4) is 0 Å². The smallest absolute Gasteiger partial charge is 0.176 e. The fraction of sp³-hybridized carbons (Fsp3) is 0.875. The van der Waals surface area contributed by atoms with Crippen molar-refractivity contribution in [2.24, 2.45) is 34.5 Å². The molecule has 1 spiro atoms. The van der Waals surface area contributed by atoms with Gasteiger partial charge in [-0.15, -0.1) is 0 Å². The highest BCUT2D eigenvalue weighted by Gasteiger charge is 2.72. The second kappa shape index (κ2) is 5.70. The summed E-state index contributed by atoms with van der Waals surface area (Å²) in [5, 5.41) is 0. The number of carbonyl (C=O) groups is 1. The van der Waals surface area contributed by atoms with Gasteiger partial charge in [0.1, 0.15) is 6.10 Å². The number of epoxide rings is 1. The molecule has 154 valence electrons. The second-order valence-electron chi connectivity index (χ2n) is 10.8. The van der Waals surface area contributed by atoms with E-state index in [-0.39, 0.29) is 22.9 Å². The summed E-state index contributed by atoms with van der Waals surface area (Å²) < 4.78 is 18.8. The number of carbonyl (C=O) groups excluding carboxylic acids is 1. The van der Waals surface area contributed by atoms with Gasteiger partial charge in [0.15, 0.2) is 11.6 Å². The number of hydrogen-bond donors (Lipinski definition) is 0. The average molecular weight is 387 g/mol. The van der Waals surface area contributed by atoms with Crippen LogP contribution in [-0.2, 0) is 19.0 Å². The molecular formula is C24H34O4. The van der Waals surface area contributed by atoms with Crippen LogP contribution in [0, 0.1) is 34.5 Å². The Morgan fingerprint density at radius 1 is 1.11 bits per heavy atom. The normalized spacial score (nSPS) is 53.2. The van der Waals surface area contributed by atoms with Gasteiger partial charge in [-0.05, 0) is 67.4 Å².